The van der Waals surface area contributed by atoms with Gasteiger partial charge in [-0.1, -0.05) is 29.3 Å². The van der Waals surface area contributed by atoms with E-state index in [0.717, 1.165) is 19.6 Å². The minimum absolute atomic E-state index is 0.0749. The molecule has 0 atom stereocenters. The fourth-order valence-corrected chi connectivity index (χ4v) is 2.30. The molecule has 0 bridgehead atoms. The van der Waals surface area contributed by atoms with Crippen molar-refractivity contribution in [2.24, 2.45) is 0 Å². The van der Waals surface area contributed by atoms with Gasteiger partial charge < -0.3 is 9.84 Å². The molecular formula is C13H18O2. The highest BCUT2D eigenvalue weighted by atomic mass is 16.5. The molecule has 1 fully saturated rings. The van der Waals surface area contributed by atoms with Crippen LogP contribution in [0, 0.1) is 13.8 Å². The number of aliphatic hydroxyl groups is 1. The molecular weight excluding hydrogens is 188 g/mol. The molecule has 1 aromatic rings. The number of ether oxygens (including phenoxy) is 1. The van der Waals surface area contributed by atoms with Gasteiger partial charge in [0.25, 0.3) is 0 Å². The summed E-state index contributed by atoms with van der Waals surface area (Å²) in [5.41, 5.74) is 3.97. The number of benzene rings is 1. The summed E-state index contributed by atoms with van der Waals surface area (Å²) >= 11 is 0. The monoisotopic (exact) mass is 206 g/mol. The van der Waals surface area contributed by atoms with E-state index in [1.807, 2.05) is 0 Å². The van der Waals surface area contributed by atoms with Crippen molar-refractivity contribution in [2.75, 3.05) is 19.8 Å². The molecule has 1 heterocycles. The normalized spacial score (nSPS) is 18.6. The van der Waals surface area contributed by atoms with Gasteiger partial charge in [-0.05, 0) is 25.8 Å². The first-order chi connectivity index (χ1) is 7.16. The molecule has 1 N–H and O–H groups in total. The van der Waals surface area contributed by atoms with Gasteiger partial charge >= 0.3 is 0 Å². The topological polar surface area (TPSA) is 29.5 Å². The predicted octanol–water partition coefficient (Wildman–Crippen LogP) is 1.95. The average molecular weight is 206 g/mol. The third-order valence-electron chi connectivity index (χ3n) is 3.18. The maximum atomic E-state index is 9.11. The SMILES string of the molecule is Cc1cc(C)cc(C2(CCO)COC2)c1. The van der Waals surface area contributed by atoms with E-state index < -0.39 is 0 Å². The van der Waals surface area contributed by atoms with Crippen LogP contribution in [0.1, 0.15) is 23.1 Å². The molecule has 82 valence electrons. The molecule has 2 heteroatoms. The van der Waals surface area contributed by atoms with E-state index in [0.29, 0.717) is 0 Å². The van der Waals surface area contributed by atoms with Gasteiger partial charge in [-0.25, -0.2) is 0 Å². The van der Waals surface area contributed by atoms with Crippen LogP contribution in [0.15, 0.2) is 18.2 Å². The quantitative estimate of drug-likeness (QED) is 0.819. The Morgan fingerprint density at radius 3 is 2.20 bits per heavy atom. The summed E-state index contributed by atoms with van der Waals surface area (Å²) in [5, 5.41) is 9.11. The molecule has 2 nitrogen and oxygen atoms in total. The standard InChI is InChI=1S/C13H18O2/c1-10-5-11(2)7-12(6-10)13(3-4-14)8-15-9-13/h5-7,14H,3-4,8-9H2,1-2H3. The fourth-order valence-electron chi connectivity index (χ4n) is 2.30. The summed E-state index contributed by atoms with van der Waals surface area (Å²) in [6, 6.07) is 6.60. The van der Waals surface area contributed by atoms with Crippen LogP contribution >= 0.6 is 0 Å². The minimum atomic E-state index is 0.0749. The number of rotatable bonds is 3. The van der Waals surface area contributed by atoms with Crippen molar-refractivity contribution in [3.05, 3.63) is 34.9 Å². The number of aliphatic hydroxyl groups excluding tert-OH is 1. The Kier molecular flexibility index (Phi) is 2.81. The maximum absolute atomic E-state index is 9.11. The van der Waals surface area contributed by atoms with E-state index >= 15 is 0 Å². The summed E-state index contributed by atoms with van der Waals surface area (Å²) in [6.07, 6.45) is 0.801. The fraction of sp³-hybridized carbons (Fsp3) is 0.538. The van der Waals surface area contributed by atoms with E-state index in [1.165, 1.54) is 16.7 Å². The van der Waals surface area contributed by atoms with Crippen molar-refractivity contribution in [3.8, 4) is 0 Å². The molecule has 0 amide bonds. The van der Waals surface area contributed by atoms with Crippen LogP contribution in [0.4, 0.5) is 0 Å². The molecule has 1 aromatic carbocycles. The molecule has 1 aliphatic heterocycles. The number of hydrogen-bond donors (Lipinski definition) is 1. The highest BCUT2D eigenvalue weighted by Crippen LogP contribution is 2.36. The smallest absolute Gasteiger partial charge is 0.0586 e. The van der Waals surface area contributed by atoms with E-state index in [2.05, 4.69) is 32.0 Å². The molecule has 0 spiro atoms. The zero-order valence-electron chi connectivity index (χ0n) is 9.42. The molecule has 0 aliphatic carbocycles. The third kappa shape index (κ3) is 1.92. The molecule has 1 aliphatic rings. The first-order valence-corrected chi connectivity index (χ1v) is 5.44. The van der Waals surface area contributed by atoms with Crippen molar-refractivity contribution in [1.82, 2.24) is 0 Å². The van der Waals surface area contributed by atoms with E-state index in [1.54, 1.807) is 0 Å². The Bertz CT molecular complexity index is 333. The molecule has 2 rings (SSSR count). The lowest BCUT2D eigenvalue weighted by Gasteiger charge is -2.42. The largest absolute Gasteiger partial charge is 0.396 e. The molecule has 0 radical (unpaired) electrons. The third-order valence-corrected chi connectivity index (χ3v) is 3.18. The van der Waals surface area contributed by atoms with Crippen LogP contribution in [0.3, 0.4) is 0 Å². The van der Waals surface area contributed by atoms with E-state index in [9.17, 15) is 0 Å². The average Bonchev–Trinajstić information content (AvgIpc) is 2.09. The Hall–Kier alpha value is -0.860. The van der Waals surface area contributed by atoms with Crippen molar-refractivity contribution >= 4 is 0 Å². The van der Waals surface area contributed by atoms with Crippen molar-refractivity contribution < 1.29 is 9.84 Å². The van der Waals surface area contributed by atoms with Crippen molar-refractivity contribution in [2.45, 2.75) is 25.7 Å². The van der Waals surface area contributed by atoms with Gasteiger partial charge in [0.05, 0.1) is 13.2 Å². The molecule has 0 saturated carbocycles. The molecule has 15 heavy (non-hydrogen) atoms. The van der Waals surface area contributed by atoms with Crippen LogP contribution in [0.5, 0.6) is 0 Å². The lowest BCUT2D eigenvalue weighted by atomic mass is 9.75. The lowest BCUT2D eigenvalue weighted by molar-refractivity contribution is -0.0701. The van der Waals surface area contributed by atoms with Crippen LogP contribution in [-0.2, 0) is 10.2 Å². The highest BCUT2D eigenvalue weighted by molar-refractivity contribution is 5.35. The Balaban J connectivity index is 2.34. The number of hydrogen-bond acceptors (Lipinski definition) is 2. The van der Waals surface area contributed by atoms with Crippen LogP contribution in [0.25, 0.3) is 0 Å². The second kappa shape index (κ2) is 3.95. The van der Waals surface area contributed by atoms with Crippen molar-refractivity contribution in [3.63, 3.8) is 0 Å². The van der Waals surface area contributed by atoms with Gasteiger partial charge in [0.1, 0.15) is 0 Å². The molecule has 0 aromatic heterocycles. The first kappa shape index (κ1) is 10.7. The van der Waals surface area contributed by atoms with Gasteiger partial charge in [-0.2, -0.15) is 0 Å². The van der Waals surface area contributed by atoms with Crippen LogP contribution in [0.2, 0.25) is 0 Å². The highest BCUT2D eigenvalue weighted by Gasteiger charge is 2.39. The maximum Gasteiger partial charge on any atom is 0.0586 e. The van der Waals surface area contributed by atoms with Gasteiger partial charge in [0.2, 0.25) is 0 Å². The van der Waals surface area contributed by atoms with Gasteiger partial charge in [0, 0.05) is 12.0 Å². The first-order valence-electron chi connectivity index (χ1n) is 5.44. The van der Waals surface area contributed by atoms with Gasteiger partial charge in [-0.3, -0.25) is 0 Å². The minimum Gasteiger partial charge on any atom is -0.396 e. The molecule has 1 saturated heterocycles. The number of aryl methyl sites for hydroxylation is 2. The zero-order chi connectivity index (χ0) is 10.9. The summed E-state index contributed by atoms with van der Waals surface area (Å²) in [5.74, 6) is 0. The Morgan fingerprint density at radius 1 is 1.20 bits per heavy atom. The molecule has 0 unspecified atom stereocenters. The lowest BCUT2D eigenvalue weighted by Crippen LogP contribution is -2.47. The van der Waals surface area contributed by atoms with E-state index in [4.69, 9.17) is 9.84 Å². The summed E-state index contributed by atoms with van der Waals surface area (Å²) in [6.45, 7) is 5.95. The van der Waals surface area contributed by atoms with Gasteiger partial charge in [0.15, 0.2) is 0 Å². The van der Waals surface area contributed by atoms with Crippen LogP contribution < -0.4 is 0 Å². The summed E-state index contributed by atoms with van der Waals surface area (Å²) in [7, 11) is 0. The summed E-state index contributed by atoms with van der Waals surface area (Å²) < 4.78 is 5.31. The Labute approximate surface area is 90.9 Å². The van der Waals surface area contributed by atoms with Gasteiger partial charge in [-0.15, -0.1) is 0 Å². The van der Waals surface area contributed by atoms with E-state index in [-0.39, 0.29) is 12.0 Å². The second-order valence-corrected chi connectivity index (χ2v) is 4.62. The zero-order valence-corrected chi connectivity index (χ0v) is 9.42. The van der Waals surface area contributed by atoms with Crippen molar-refractivity contribution in [1.29, 1.82) is 0 Å². The Morgan fingerprint density at radius 2 is 1.80 bits per heavy atom. The predicted molar refractivity (Wildman–Crippen MR) is 60.1 cm³/mol. The summed E-state index contributed by atoms with van der Waals surface area (Å²) in [4.78, 5) is 0. The second-order valence-electron chi connectivity index (χ2n) is 4.62. The van der Waals surface area contributed by atoms with Crippen LogP contribution in [-0.4, -0.2) is 24.9 Å².